The van der Waals surface area contributed by atoms with Gasteiger partial charge < -0.3 is 15.2 Å². The number of hydrogen-bond acceptors (Lipinski definition) is 4. The van der Waals surface area contributed by atoms with Gasteiger partial charge in [-0.2, -0.15) is 0 Å². The van der Waals surface area contributed by atoms with E-state index in [1.807, 2.05) is 31.2 Å². The van der Waals surface area contributed by atoms with Gasteiger partial charge in [-0.25, -0.2) is 0 Å². The molecule has 6 heteroatoms. The third-order valence-corrected chi connectivity index (χ3v) is 3.87. The van der Waals surface area contributed by atoms with Gasteiger partial charge in [0.05, 0.1) is 11.9 Å². The molecule has 5 nitrogen and oxygen atoms in total. The quantitative estimate of drug-likeness (QED) is 0.733. The number of hydrogen-bond donors (Lipinski definition) is 2. The highest BCUT2D eigenvalue weighted by Crippen LogP contribution is 2.17. The molecule has 0 fully saturated rings. The topological polar surface area (TPSA) is 75.6 Å². The smallest absolute Gasteiger partial charge is 0.313 e. The average Bonchev–Trinajstić information content (AvgIpc) is 2.44. The number of carbonyl (C=O) groups excluding carboxylic acids is 1. The summed E-state index contributed by atoms with van der Waals surface area (Å²) in [6, 6.07) is 7.46. The Balaban J connectivity index is 2.44. The molecule has 0 spiro atoms. The summed E-state index contributed by atoms with van der Waals surface area (Å²) in [5.41, 5.74) is 1.72. The Hall–Kier alpha value is -1.53. The molecule has 0 bridgehead atoms. The number of carbonyl (C=O) groups is 2. The van der Waals surface area contributed by atoms with E-state index in [2.05, 4.69) is 5.32 Å². The molecular weight excluding hydrogens is 290 g/mol. The maximum Gasteiger partial charge on any atom is 0.313 e. The first-order valence-corrected chi connectivity index (χ1v) is 7.88. The minimum atomic E-state index is -0.822. The van der Waals surface area contributed by atoms with E-state index in [1.54, 1.807) is 7.11 Å². The van der Waals surface area contributed by atoms with Crippen molar-refractivity contribution in [2.24, 2.45) is 0 Å². The Kier molecular flexibility index (Phi) is 7.85. The van der Waals surface area contributed by atoms with Gasteiger partial charge in [-0.15, -0.1) is 11.8 Å². The molecule has 116 valence electrons. The van der Waals surface area contributed by atoms with Crippen molar-refractivity contribution in [1.82, 2.24) is 0 Å². The van der Waals surface area contributed by atoms with Gasteiger partial charge in [-0.1, -0.05) is 12.1 Å². The zero-order valence-electron chi connectivity index (χ0n) is 12.3. The number of carboxylic acid groups (broad SMARTS) is 1. The van der Waals surface area contributed by atoms with Gasteiger partial charge in [0.25, 0.3) is 0 Å². The van der Waals surface area contributed by atoms with Crippen LogP contribution >= 0.6 is 11.8 Å². The lowest BCUT2D eigenvalue weighted by atomic mass is 10.2. The van der Waals surface area contributed by atoms with E-state index in [0.717, 1.165) is 11.3 Å². The Morgan fingerprint density at radius 3 is 2.86 bits per heavy atom. The number of aliphatic carboxylic acids is 1. The highest BCUT2D eigenvalue weighted by molar-refractivity contribution is 7.99. The van der Waals surface area contributed by atoms with Crippen molar-refractivity contribution < 1.29 is 19.4 Å². The molecule has 0 saturated carbocycles. The molecule has 0 heterocycles. The van der Waals surface area contributed by atoms with Crippen molar-refractivity contribution in [3.05, 3.63) is 29.8 Å². The fraction of sp³-hybridized carbons (Fsp3) is 0.467. The van der Waals surface area contributed by atoms with Gasteiger partial charge in [-0.05, 0) is 31.0 Å². The third-order valence-electron chi connectivity index (χ3n) is 2.89. The van der Waals surface area contributed by atoms with Crippen LogP contribution in [-0.4, -0.2) is 35.9 Å². The number of nitrogens with one attached hydrogen (secondary N) is 1. The van der Waals surface area contributed by atoms with Crippen LogP contribution in [0.3, 0.4) is 0 Å². The first kappa shape index (κ1) is 17.5. The number of thioether (sulfide) groups is 1. The molecular formula is C15H21NO4S. The number of amides is 1. The van der Waals surface area contributed by atoms with Crippen molar-refractivity contribution in [3.63, 3.8) is 0 Å². The van der Waals surface area contributed by atoms with Gasteiger partial charge in [0.1, 0.15) is 0 Å². The van der Waals surface area contributed by atoms with Gasteiger partial charge in [0.2, 0.25) is 5.91 Å². The fourth-order valence-electron chi connectivity index (χ4n) is 1.67. The maximum atomic E-state index is 11.8. The molecule has 1 rings (SSSR count). The van der Waals surface area contributed by atoms with E-state index >= 15 is 0 Å². The summed E-state index contributed by atoms with van der Waals surface area (Å²) in [6.45, 7) is 1.92. The predicted molar refractivity (Wildman–Crippen MR) is 84.6 cm³/mol. The zero-order chi connectivity index (χ0) is 15.7. The van der Waals surface area contributed by atoms with Crippen molar-refractivity contribution >= 4 is 29.3 Å². The molecule has 1 aromatic carbocycles. The Morgan fingerprint density at radius 1 is 1.43 bits per heavy atom. The van der Waals surface area contributed by atoms with Gasteiger partial charge in [-0.3, -0.25) is 9.59 Å². The molecule has 0 radical (unpaired) electrons. The molecule has 0 aliphatic rings. The van der Waals surface area contributed by atoms with Crippen LogP contribution in [0.2, 0.25) is 0 Å². The van der Waals surface area contributed by atoms with Crippen LogP contribution in [0.15, 0.2) is 24.3 Å². The molecule has 1 unspecified atom stereocenters. The molecule has 0 saturated heterocycles. The second-order valence-electron chi connectivity index (χ2n) is 4.72. The van der Waals surface area contributed by atoms with Crippen LogP contribution in [-0.2, 0) is 20.1 Å². The van der Waals surface area contributed by atoms with Gasteiger partial charge >= 0.3 is 5.97 Å². The van der Waals surface area contributed by atoms with E-state index in [9.17, 15) is 9.59 Å². The Morgan fingerprint density at radius 2 is 2.19 bits per heavy atom. The van der Waals surface area contributed by atoms with Crippen molar-refractivity contribution in [3.8, 4) is 0 Å². The molecule has 21 heavy (non-hydrogen) atoms. The Labute approximate surface area is 129 Å². The lowest BCUT2D eigenvalue weighted by Crippen LogP contribution is -2.15. The summed E-state index contributed by atoms with van der Waals surface area (Å²) >= 11 is 1.33. The molecule has 1 amide bonds. The molecule has 0 aliphatic heterocycles. The zero-order valence-corrected chi connectivity index (χ0v) is 13.1. The predicted octanol–water partition coefficient (Wildman–Crippen LogP) is 2.76. The lowest BCUT2D eigenvalue weighted by Gasteiger charge is -2.10. The summed E-state index contributed by atoms with van der Waals surface area (Å²) in [5, 5.41) is 11.4. The third kappa shape index (κ3) is 7.72. The average molecular weight is 311 g/mol. The highest BCUT2D eigenvalue weighted by Gasteiger charge is 2.07. The standard InChI is InChI=1S/C15H21NO4S/c1-11(20-2)6-7-14(17)16-13-5-3-4-12(8-13)9-21-10-15(18)19/h3-5,8,11H,6-7,9-10H2,1-2H3,(H,16,17)(H,18,19). The highest BCUT2D eigenvalue weighted by atomic mass is 32.2. The van der Waals surface area contributed by atoms with Crippen LogP contribution in [0.4, 0.5) is 5.69 Å². The van der Waals surface area contributed by atoms with E-state index < -0.39 is 5.97 Å². The fourth-order valence-corrected chi connectivity index (χ4v) is 2.36. The van der Waals surface area contributed by atoms with Crippen molar-refractivity contribution in [1.29, 1.82) is 0 Å². The number of carboxylic acids is 1. The minimum absolute atomic E-state index is 0.0470. The monoisotopic (exact) mass is 311 g/mol. The van der Waals surface area contributed by atoms with Gasteiger partial charge in [0, 0.05) is 25.0 Å². The van der Waals surface area contributed by atoms with Crippen LogP contribution in [0, 0.1) is 0 Å². The van der Waals surface area contributed by atoms with Crippen LogP contribution in [0.5, 0.6) is 0 Å². The van der Waals surface area contributed by atoms with Crippen LogP contribution in [0.25, 0.3) is 0 Å². The molecule has 0 aliphatic carbocycles. The first-order valence-electron chi connectivity index (χ1n) is 6.72. The number of anilines is 1. The van der Waals surface area contributed by atoms with E-state index in [-0.39, 0.29) is 17.8 Å². The largest absolute Gasteiger partial charge is 0.481 e. The summed E-state index contributed by atoms with van der Waals surface area (Å²) < 4.78 is 5.10. The number of methoxy groups -OCH3 is 1. The van der Waals surface area contributed by atoms with Crippen molar-refractivity contribution in [2.75, 3.05) is 18.2 Å². The lowest BCUT2D eigenvalue weighted by molar-refractivity contribution is -0.133. The Bertz CT molecular complexity index is 478. The van der Waals surface area contributed by atoms with E-state index in [4.69, 9.17) is 9.84 Å². The SMILES string of the molecule is COC(C)CCC(=O)Nc1cccc(CSCC(=O)O)c1. The van der Waals surface area contributed by atoms with E-state index in [1.165, 1.54) is 11.8 Å². The molecule has 0 aromatic heterocycles. The molecule has 1 atom stereocenters. The van der Waals surface area contributed by atoms with E-state index in [0.29, 0.717) is 18.6 Å². The summed E-state index contributed by atoms with van der Waals surface area (Å²) in [6.07, 6.45) is 1.15. The first-order chi connectivity index (χ1) is 10.0. The van der Waals surface area contributed by atoms with Crippen LogP contribution in [0.1, 0.15) is 25.3 Å². The second kappa shape index (κ2) is 9.41. The normalized spacial score (nSPS) is 11.9. The number of rotatable bonds is 9. The summed E-state index contributed by atoms with van der Waals surface area (Å²) in [5.74, 6) is -0.187. The van der Waals surface area contributed by atoms with Crippen molar-refractivity contribution in [2.45, 2.75) is 31.6 Å². The maximum absolute atomic E-state index is 11.8. The molecule has 1 aromatic rings. The second-order valence-corrected chi connectivity index (χ2v) is 5.71. The van der Waals surface area contributed by atoms with Gasteiger partial charge in [0.15, 0.2) is 0 Å². The minimum Gasteiger partial charge on any atom is -0.481 e. The number of benzene rings is 1. The summed E-state index contributed by atoms with van der Waals surface area (Å²) in [7, 11) is 1.63. The van der Waals surface area contributed by atoms with Crippen LogP contribution < -0.4 is 5.32 Å². The molecule has 2 N–H and O–H groups in total. The summed E-state index contributed by atoms with van der Waals surface area (Å²) in [4.78, 5) is 22.3. The number of ether oxygens (including phenoxy) is 1.